The number of thioether (sulfide) groups is 1. The number of hydrogen-bond acceptors (Lipinski definition) is 6. The van der Waals surface area contributed by atoms with Crippen LogP contribution in [-0.2, 0) is 9.59 Å². The van der Waals surface area contributed by atoms with Gasteiger partial charge in [0.15, 0.2) is 11.5 Å². The number of carbonyl (C=O) groups is 3. The summed E-state index contributed by atoms with van der Waals surface area (Å²) >= 11 is 0.682. The van der Waals surface area contributed by atoms with E-state index in [0.717, 1.165) is 17.0 Å². The third kappa shape index (κ3) is 5.21. The van der Waals surface area contributed by atoms with Crippen molar-refractivity contribution in [3.05, 3.63) is 58.5 Å². The molecule has 0 radical (unpaired) electrons. The van der Waals surface area contributed by atoms with Crippen molar-refractivity contribution in [3.63, 3.8) is 0 Å². The van der Waals surface area contributed by atoms with E-state index >= 15 is 0 Å². The molecule has 1 N–H and O–H groups in total. The van der Waals surface area contributed by atoms with Crippen LogP contribution in [0.5, 0.6) is 11.5 Å². The van der Waals surface area contributed by atoms with Crippen molar-refractivity contribution >= 4 is 40.6 Å². The van der Waals surface area contributed by atoms with Crippen LogP contribution in [0.2, 0.25) is 0 Å². The van der Waals surface area contributed by atoms with Gasteiger partial charge in [-0.1, -0.05) is 6.07 Å². The number of rotatable bonds is 7. The molecule has 1 aliphatic heterocycles. The number of methoxy groups -OCH3 is 1. The van der Waals surface area contributed by atoms with E-state index in [-0.39, 0.29) is 10.6 Å². The van der Waals surface area contributed by atoms with Crippen LogP contribution in [0.25, 0.3) is 6.08 Å². The van der Waals surface area contributed by atoms with E-state index < -0.39 is 35.2 Å². The van der Waals surface area contributed by atoms with Gasteiger partial charge in [-0.3, -0.25) is 19.3 Å². The number of nitrogens with zero attached hydrogens (tertiary/aromatic N) is 1. The first-order valence-corrected chi connectivity index (χ1v) is 9.95. The zero-order valence-corrected chi connectivity index (χ0v) is 17.4. The normalized spacial score (nSPS) is 14.8. The molecule has 0 aromatic heterocycles. The summed E-state index contributed by atoms with van der Waals surface area (Å²) in [4.78, 5) is 37.9. The minimum atomic E-state index is -0.966. The summed E-state index contributed by atoms with van der Waals surface area (Å²) in [7, 11) is 1.51. The Morgan fingerprint density at radius 3 is 2.61 bits per heavy atom. The highest BCUT2D eigenvalue weighted by Crippen LogP contribution is 2.34. The minimum Gasteiger partial charge on any atom is -0.493 e. The van der Waals surface area contributed by atoms with Crippen molar-refractivity contribution in [2.24, 2.45) is 0 Å². The van der Waals surface area contributed by atoms with E-state index in [0.29, 0.717) is 41.5 Å². The van der Waals surface area contributed by atoms with Gasteiger partial charge in [-0.15, -0.1) is 0 Å². The Morgan fingerprint density at radius 2 is 1.94 bits per heavy atom. The highest BCUT2D eigenvalue weighted by atomic mass is 32.2. The SMILES string of the molecule is CCOc1cc(/C=C2/SC(=O)N(CC(=O)Nc3ccc(F)cc3F)C2=O)ccc1OC. The Bertz CT molecular complexity index is 1070. The molecule has 31 heavy (non-hydrogen) atoms. The van der Waals surface area contributed by atoms with Crippen molar-refractivity contribution in [1.82, 2.24) is 4.90 Å². The van der Waals surface area contributed by atoms with E-state index in [9.17, 15) is 23.2 Å². The first-order valence-electron chi connectivity index (χ1n) is 9.13. The molecule has 1 saturated heterocycles. The monoisotopic (exact) mass is 448 g/mol. The number of ether oxygens (including phenoxy) is 2. The molecule has 3 amide bonds. The van der Waals surface area contributed by atoms with Gasteiger partial charge in [0, 0.05) is 6.07 Å². The fourth-order valence-corrected chi connectivity index (χ4v) is 3.60. The molecule has 1 aliphatic rings. The van der Waals surface area contributed by atoms with Crippen molar-refractivity contribution in [2.75, 3.05) is 25.6 Å². The van der Waals surface area contributed by atoms with Gasteiger partial charge >= 0.3 is 0 Å². The smallest absolute Gasteiger partial charge is 0.294 e. The highest BCUT2D eigenvalue weighted by molar-refractivity contribution is 8.18. The van der Waals surface area contributed by atoms with Crippen molar-refractivity contribution < 1.29 is 32.6 Å². The van der Waals surface area contributed by atoms with Crippen LogP contribution in [0, 0.1) is 11.6 Å². The molecule has 7 nitrogen and oxygen atoms in total. The predicted octanol–water partition coefficient (Wildman–Crippen LogP) is 4.05. The fraction of sp³-hybridized carbons (Fsp3) is 0.190. The first-order chi connectivity index (χ1) is 14.8. The lowest BCUT2D eigenvalue weighted by molar-refractivity contribution is -0.127. The predicted molar refractivity (Wildman–Crippen MR) is 112 cm³/mol. The van der Waals surface area contributed by atoms with E-state index in [2.05, 4.69) is 5.32 Å². The molecule has 10 heteroatoms. The molecule has 0 unspecified atom stereocenters. The molecule has 0 saturated carbocycles. The van der Waals surface area contributed by atoms with Crippen LogP contribution in [0.1, 0.15) is 12.5 Å². The summed E-state index contributed by atoms with van der Waals surface area (Å²) < 4.78 is 37.4. The average molecular weight is 448 g/mol. The summed E-state index contributed by atoms with van der Waals surface area (Å²) in [5.41, 5.74) is 0.350. The van der Waals surface area contributed by atoms with Crippen LogP contribution in [-0.4, -0.2) is 42.2 Å². The molecule has 2 aromatic carbocycles. The third-order valence-corrected chi connectivity index (χ3v) is 5.07. The number of amides is 3. The minimum absolute atomic E-state index is 0.123. The third-order valence-electron chi connectivity index (χ3n) is 4.17. The number of benzene rings is 2. The Hall–Kier alpha value is -3.40. The molecular formula is C21H18F2N2O5S. The standard InChI is InChI=1S/C21H18F2N2O5S/c1-3-30-17-8-12(4-7-16(17)29-2)9-18-20(27)25(21(28)31-18)11-19(26)24-15-6-5-13(22)10-14(15)23/h4-10H,3,11H2,1-2H3,(H,24,26)/b18-9+. The topological polar surface area (TPSA) is 84.9 Å². The Kier molecular flexibility index (Phi) is 6.91. The molecule has 1 heterocycles. The quantitative estimate of drug-likeness (QED) is 0.644. The number of carbonyl (C=O) groups excluding carboxylic acids is 3. The molecular weight excluding hydrogens is 430 g/mol. The average Bonchev–Trinajstić information content (AvgIpc) is 2.98. The Balaban J connectivity index is 1.73. The molecule has 3 rings (SSSR count). The van der Waals surface area contributed by atoms with Gasteiger partial charge in [0.05, 0.1) is 24.3 Å². The van der Waals surface area contributed by atoms with Crippen LogP contribution >= 0.6 is 11.8 Å². The summed E-state index contributed by atoms with van der Waals surface area (Å²) in [6.45, 7) is 1.63. The second-order valence-electron chi connectivity index (χ2n) is 6.28. The number of nitrogens with one attached hydrogen (secondary N) is 1. The van der Waals surface area contributed by atoms with Crippen LogP contribution < -0.4 is 14.8 Å². The molecule has 162 valence electrons. The van der Waals surface area contributed by atoms with Crippen molar-refractivity contribution in [1.29, 1.82) is 0 Å². The van der Waals surface area contributed by atoms with Gasteiger partial charge in [0.2, 0.25) is 5.91 Å². The van der Waals surface area contributed by atoms with E-state index in [1.54, 1.807) is 18.2 Å². The zero-order valence-electron chi connectivity index (χ0n) is 16.6. The summed E-state index contributed by atoms with van der Waals surface area (Å²) in [5.74, 6) is -2.20. The Labute approximate surface area is 181 Å². The van der Waals surface area contributed by atoms with Crippen molar-refractivity contribution in [3.8, 4) is 11.5 Å². The van der Waals surface area contributed by atoms with Crippen molar-refractivity contribution in [2.45, 2.75) is 6.92 Å². The maximum atomic E-state index is 13.7. The number of halogens is 2. The van der Waals surface area contributed by atoms with Gasteiger partial charge in [0.1, 0.15) is 18.2 Å². The fourth-order valence-electron chi connectivity index (χ4n) is 2.76. The van der Waals surface area contributed by atoms with Crippen LogP contribution in [0.15, 0.2) is 41.3 Å². The largest absolute Gasteiger partial charge is 0.493 e. The van der Waals surface area contributed by atoms with Crippen LogP contribution in [0.4, 0.5) is 19.3 Å². The second-order valence-corrected chi connectivity index (χ2v) is 7.28. The van der Waals surface area contributed by atoms with Gasteiger partial charge < -0.3 is 14.8 Å². The molecule has 0 atom stereocenters. The van der Waals surface area contributed by atoms with Gasteiger partial charge in [-0.25, -0.2) is 8.78 Å². The lowest BCUT2D eigenvalue weighted by atomic mass is 10.2. The van der Waals surface area contributed by atoms with E-state index in [1.807, 2.05) is 6.92 Å². The molecule has 2 aromatic rings. The summed E-state index contributed by atoms with van der Waals surface area (Å²) in [5, 5.41) is 1.58. The van der Waals surface area contributed by atoms with Gasteiger partial charge in [0.25, 0.3) is 11.1 Å². The lowest BCUT2D eigenvalue weighted by Crippen LogP contribution is -2.36. The number of imide groups is 1. The second kappa shape index (κ2) is 9.61. The molecule has 0 bridgehead atoms. The summed E-state index contributed by atoms with van der Waals surface area (Å²) in [6.07, 6.45) is 1.50. The van der Waals surface area contributed by atoms with E-state index in [4.69, 9.17) is 9.47 Å². The zero-order chi connectivity index (χ0) is 22.5. The molecule has 1 fully saturated rings. The number of hydrogen-bond donors (Lipinski definition) is 1. The van der Waals surface area contributed by atoms with Crippen LogP contribution in [0.3, 0.4) is 0 Å². The maximum Gasteiger partial charge on any atom is 0.294 e. The maximum absolute atomic E-state index is 13.7. The first kappa shape index (κ1) is 22.3. The molecule has 0 spiro atoms. The summed E-state index contributed by atoms with van der Waals surface area (Å²) in [6, 6.07) is 7.68. The van der Waals surface area contributed by atoms with Gasteiger partial charge in [-0.05, 0) is 54.6 Å². The lowest BCUT2D eigenvalue weighted by Gasteiger charge is -2.13. The Morgan fingerprint density at radius 1 is 1.16 bits per heavy atom. The van der Waals surface area contributed by atoms with Gasteiger partial charge in [-0.2, -0.15) is 0 Å². The van der Waals surface area contributed by atoms with E-state index in [1.165, 1.54) is 13.2 Å². The molecule has 0 aliphatic carbocycles. The number of anilines is 1. The highest BCUT2D eigenvalue weighted by Gasteiger charge is 2.36.